The lowest BCUT2D eigenvalue weighted by molar-refractivity contribution is 0.260. The lowest BCUT2D eigenvalue weighted by Crippen LogP contribution is -2.16. The van der Waals surface area contributed by atoms with Crippen LogP contribution in [0.15, 0.2) is 46.0 Å². The van der Waals surface area contributed by atoms with E-state index in [9.17, 15) is 4.39 Å². The maximum Gasteiger partial charge on any atom is 0.176 e. The number of aliphatic imine (C=N–C) groups is 1. The molecule has 0 atom stereocenters. The smallest absolute Gasteiger partial charge is 0.176 e. The van der Waals surface area contributed by atoms with E-state index in [-0.39, 0.29) is 23.2 Å². The average molecular weight is 411 g/mol. The second kappa shape index (κ2) is 8.24. The average Bonchev–Trinajstić information content (AvgIpc) is 3.12. The van der Waals surface area contributed by atoms with Gasteiger partial charge in [0.2, 0.25) is 0 Å². The van der Waals surface area contributed by atoms with Gasteiger partial charge in [0.1, 0.15) is 12.4 Å². The summed E-state index contributed by atoms with van der Waals surface area (Å²) in [5, 5.41) is 7.96. The minimum atomic E-state index is -0.553. The Labute approximate surface area is 163 Å². The lowest BCUT2D eigenvalue weighted by Gasteiger charge is -2.10. The van der Waals surface area contributed by atoms with E-state index in [0.29, 0.717) is 27.9 Å². The minimum absolute atomic E-state index is 0.00276. The van der Waals surface area contributed by atoms with Gasteiger partial charge in [-0.3, -0.25) is 0 Å². The first-order valence-corrected chi connectivity index (χ1v) is 8.31. The van der Waals surface area contributed by atoms with Crippen molar-refractivity contribution in [1.82, 2.24) is 10.3 Å². The van der Waals surface area contributed by atoms with E-state index in [4.69, 9.17) is 43.0 Å². The molecule has 0 aliphatic carbocycles. The summed E-state index contributed by atoms with van der Waals surface area (Å²) in [6, 6.07) is 8.89. The third-order valence-electron chi connectivity index (χ3n) is 3.44. The molecule has 0 amide bonds. The summed E-state index contributed by atoms with van der Waals surface area (Å²) in [5.74, 6) is 0.378. The molecule has 0 radical (unpaired) electrons. The molecule has 2 aromatic carbocycles. The summed E-state index contributed by atoms with van der Waals surface area (Å²) in [7, 11) is 1.50. The number of benzene rings is 2. The van der Waals surface area contributed by atoms with E-state index in [2.05, 4.69) is 15.3 Å². The quantitative estimate of drug-likeness (QED) is 0.484. The molecule has 1 aromatic heterocycles. The number of hydrogen-bond acceptors (Lipinski definition) is 6. The second-order valence-electron chi connectivity index (χ2n) is 5.24. The molecule has 1 heterocycles. The summed E-state index contributed by atoms with van der Waals surface area (Å²) in [5.41, 5.74) is 6.83. The molecule has 140 valence electrons. The molecule has 0 aliphatic heterocycles. The largest absolute Gasteiger partial charge is 0.493 e. The third kappa shape index (κ3) is 4.47. The van der Waals surface area contributed by atoms with Crippen molar-refractivity contribution in [3.8, 4) is 11.5 Å². The number of methoxy groups -OCH3 is 1. The molecular weight excluding hydrogens is 398 g/mol. The zero-order chi connectivity index (χ0) is 19.4. The molecule has 10 heteroatoms. The van der Waals surface area contributed by atoms with Crippen LogP contribution in [0.2, 0.25) is 10.0 Å². The normalized spacial score (nSPS) is 11.5. The maximum absolute atomic E-state index is 13.2. The van der Waals surface area contributed by atoms with Crippen molar-refractivity contribution < 1.29 is 18.5 Å². The van der Waals surface area contributed by atoms with E-state index in [1.54, 1.807) is 18.2 Å². The Morgan fingerprint density at radius 1 is 1.19 bits per heavy atom. The Bertz CT molecular complexity index is 994. The van der Waals surface area contributed by atoms with Gasteiger partial charge in [0.15, 0.2) is 28.7 Å². The predicted molar refractivity (Wildman–Crippen MR) is 98.4 cm³/mol. The summed E-state index contributed by atoms with van der Waals surface area (Å²) < 4.78 is 28.9. The van der Waals surface area contributed by atoms with Gasteiger partial charge in [-0.1, -0.05) is 28.4 Å². The topological polar surface area (TPSA) is 95.8 Å². The van der Waals surface area contributed by atoms with Crippen LogP contribution in [-0.4, -0.2) is 23.3 Å². The van der Waals surface area contributed by atoms with Gasteiger partial charge in [-0.25, -0.2) is 14.0 Å². The SMILES string of the molecule is COc1cc(Cl)ccc1OCc1nonc1C(N)=Nc1ccc(F)c(Cl)c1. The van der Waals surface area contributed by atoms with Crippen molar-refractivity contribution in [3.05, 3.63) is 63.6 Å². The van der Waals surface area contributed by atoms with Gasteiger partial charge in [0, 0.05) is 11.1 Å². The van der Waals surface area contributed by atoms with Crippen LogP contribution in [0, 0.1) is 5.82 Å². The number of nitrogens with two attached hydrogens (primary N) is 1. The van der Waals surface area contributed by atoms with Gasteiger partial charge in [-0.2, -0.15) is 0 Å². The standard InChI is InChI=1S/C17H13Cl2FN4O3/c1-25-15-6-9(18)2-5-14(15)26-8-13-16(24-27-23-13)17(21)22-10-3-4-12(20)11(19)7-10/h2-7H,8H2,1H3,(H2,21,22). The van der Waals surface area contributed by atoms with Gasteiger partial charge < -0.3 is 15.2 Å². The second-order valence-corrected chi connectivity index (χ2v) is 6.08. The molecule has 0 fully saturated rings. The van der Waals surface area contributed by atoms with Crippen molar-refractivity contribution in [1.29, 1.82) is 0 Å². The van der Waals surface area contributed by atoms with Crippen molar-refractivity contribution in [3.63, 3.8) is 0 Å². The highest BCUT2D eigenvalue weighted by Crippen LogP contribution is 2.30. The molecule has 0 saturated carbocycles. The fraction of sp³-hybridized carbons (Fsp3) is 0.118. The molecule has 0 bridgehead atoms. The Hall–Kier alpha value is -2.84. The number of aromatic nitrogens is 2. The maximum atomic E-state index is 13.2. The van der Waals surface area contributed by atoms with E-state index < -0.39 is 5.82 Å². The van der Waals surface area contributed by atoms with Gasteiger partial charge in [0.05, 0.1) is 17.8 Å². The zero-order valence-corrected chi connectivity index (χ0v) is 15.5. The Kier molecular flexibility index (Phi) is 5.78. The lowest BCUT2D eigenvalue weighted by atomic mass is 10.3. The number of hydrogen-bond donors (Lipinski definition) is 1. The van der Waals surface area contributed by atoms with E-state index in [1.165, 1.54) is 25.3 Å². The molecule has 3 rings (SSSR count). The highest BCUT2D eigenvalue weighted by atomic mass is 35.5. The molecule has 0 spiro atoms. The Balaban J connectivity index is 1.79. The molecular formula is C17H13Cl2FN4O3. The monoisotopic (exact) mass is 410 g/mol. The highest BCUT2D eigenvalue weighted by molar-refractivity contribution is 6.31. The predicted octanol–water partition coefficient (Wildman–Crippen LogP) is 4.14. The fourth-order valence-corrected chi connectivity index (χ4v) is 2.49. The van der Waals surface area contributed by atoms with Crippen molar-refractivity contribution >= 4 is 34.7 Å². The van der Waals surface area contributed by atoms with E-state index in [1.807, 2.05) is 0 Å². The minimum Gasteiger partial charge on any atom is -0.493 e. The first-order valence-electron chi connectivity index (χ1n) is 7.55. The highest BCUT2D eigenvalue weighted by Gasteiger charge is 2.16. The van der Waals surface area contributed by atoms with Gasteiger partial charge in [0.25, 0.3) is 0 Å². The number of halogens is 3. The number of rotatable bonds is 6. The molecule has 0 aliphatic rings. The van der Waals surface area contributed by atoms with Crippen LogP contribution in [0.25, 0.3) is 0 Å². The molecule has 7 nitrogen and oxygen atoms in total. The summed E-state index contributed by atoms with van der Waals surface area (Å²) in [6.07, 6.45) is 0. The molecule has 27 heavy (non-hydrogen) atoms. The van der Waals surface area contributed by atoms with Crippen molar-refractivity contribution in [2.24, 2.45) is 10.7 Å². The van der Waals surface area contributed by atoms with E-state index in [0.717, 1.165) is 0 Å². The van der Waals surface area contributed by atoms with Crippen LogP contribution in [0.4, 0.5) is 10.1 Å². The zero-order valence-electron chi connectivity index (χ0n) is 13.9. The Morgan fingerprint density at radius 2 is 2.00 bits per heavy atom. The van der Waals surface area contributed by atoms with Crippen LogP contribution in [0.5, 0.6) is 11.5 Å². The van der Waals surface area contributed by atoms with Gasteiger partial charge in [-0.15, -0.1) is 0 Å². The van der Waals surface area contributed by atoms with Crippen LogP contribution in [0.3, 0.4) is 0 Å². The van der Waals surface area contributed by atoms with Crippen LogP contribution >= 0.6 is 23.2 Å². The summed E-state index contributed by atoms with van der Waals surface area (Å²) in [4.78, 5) is 4.15. The molecule has 0 saturated heterocycles. The number of nitrogens with zero attached hydrogens (tertiary/aromatic N) is 3. The first-order chi connectivity index (χ1) is 13.0. The van der Waals surface area contributed by atoms with Crippen molar-refractivity contribution in [2.75, 3.05) is 7.11 Å². The number of amidine groups is 1. The molecule has 0 unspecified atom stereocenters. The Morgan fingerprint density at radius 3 is 2.74 bits per heavy atom. The summed E-state index contributed by atoms with van der Waals surface area (Å²) in [6.45, 7) is -0.00276. The van der Waals surface area contributed by atoms with Crippen LogP contribution in [-0.2, 0) is 6.61 Å². The summed E-state index contributed by atoms with van der Waals surface area (Å²) >= 11 is 11.7. The van der Waals surface area contributed by atoms with E-state index >= 15 is 0 Å². The van der Waals surface area contributed by atoms with Crippen LogP contribution < -0.4 is 15.2 Å². The van der Waals surface area contributed by atoms with Gasteiger partial charge >= 0.3 is 0 Å². The van der Waals surface area contributed by atoms with Crippen LogP contribution in [0.1, 0.15) is 11.4 Å². The third-order valence-corrected chi connectivity index (χ3v) is 3.97. The van der Waals surface area contributed by atoms with Gasteiger partial charge in [-0.05, 0) is 35.5 Å². The first kappa shape index (κ1) is 18.9. The number of ether oxygens (including phenoxy) is 2. The molecule has 3 aromatic rings. The molecule has 2 N–H and O–H groups in total. The van der Waals surface area contributed by atoms with Crippen molar-refractivity contribution in [2.45, 2.75) is 6.61 Å². The fourth-order valence-electron chi connectivity index (χ4n) is 2.15.